The number of anilines is 1. The van der Waals surface area contributed by atoms with E-state index >= 15 is 0 Å². The van der Waals surface area contributed by atoms with Crippen molar-refractivity contribution in [2.45, 2.75) is 13.2 Å². The molecule has 1 aliphatic heterocycles. The zero-order valence-electron chi connectivity index (χ0n) is 11.2. The van der Waals surface area contributed by atoms with Gasteiger partial charge in [0, 0.05) is 18.0 Å². The van der Waals surface area contributed by atoms with Gasteiger partial charge in [0.25, 0.3) is 0 Å². The monoisotopic (exact) mass is 279 g/mol. The van der Waals surface area contributed by atoms with Gasteiger partial charge in [-0.25, -0.2) is 0 Å². The summed E-state index contributed by atoms with van der Waals surface area (Å²) in [6, 6.07) is 9.93. The minimum Gasteiger partial charge on any atom is -0.380 e. The van der Waals surface area contributed by atoms with E-state index in [9.17, 15) is 0 Å². The summed E-state index contributed by atoms with van der Waals surface area (Å²) >= 11 is 0. The van der Waals surface area contributed by atoms with Crippen molar-refractivity contribution in [3.8, 4) is 22.5 Å². The van der Waals surface area contributed by atoms with E-state index in [4.69, 9.17) is 15.0 Å². The zero-order valence-corrected chi connectivity index (χ0v) is 11.2. The van der Waals surface area contributed by atoms with Crippen molar-refractivity contribution in [2.75, 3.05) is 5.73 Å². The first kappa shape index (κ1) is 12.1. The van der Waals surface area contributed by atoms with Gasteiger partial charge < -0.3 is 15.0 Å². The second-order valence-corrected chi connectivity index (χ2v) is 4.98. The van der Waals surface area contributed by atoms with Gasteiger partial charge in [-0.05, 0) is 34.9 Å². The third-order valence-electron chi connectivity index (χ3n) is 3.67. The number of nitrogen functional groups attached to an aromatic ring is 1. The van der Waals surface area contributed by atoms with Crippen LogP contribution in [0.2, 0.25) is 0 Å². The zero-order chi connectivity index (χ0) is 14.2. The minimum atomic E-state index is 0.382. The number of ether oxygens (including phenoxy) is 1. The molecular weight excluding hydrogens is 266 g/mol. The number of fused-ring (bicyclic) bond motifs is 1. The van der Waals surface area contributed by atoms with Crippen molar-refractivity contribution in [3.63, 3.8) is 0 Å². The highest BCUT2D eigenvalue weighted by Crippen LogP contribution is 2.37. The van der Waals surface area contributed by atoms with Gasteiger partial charge in [0.2, 0.25) is 0 Å². The van der Waals surface area contributed by atoms with Crippen LogP contribution in [0.1, 0.15) is 11.1 Å². The molecule has 0 amide bonds. The van der Waals surface area contributed by atoms with Gasteiger partial charge in [-0.3, -0.25) is 4.98 Å². The molecule has 104 valence electrons. The van der Waals surface area contributed by atoms with Crippen LogP contribution >= 0.6 is 0 Å². The van der Waals surface area contributed by atoms with Crippen molar-refractivity contribution < 1.29 is 9.26 Å². The first-order valence-electron chi connectivity index (χ1n) is 6.68. The maximum Gasteiger partial charge on any atom is 0.176 e. The van der Waals surface area contributed by atoms with E-state index in [-0.39, 0.29) is 0 Å². The Bertz CT molecular complexity index is 797. The summed E-state index contributed by atoms with van der Waals surface area (Å²) in [5, 5.41) is 3.91. The lowest BCUT2D eigenvalue weighted by molar-refractivity contribution is 0.134. The highest BCUT2D eigenvalue weighted by Gasteiger charge is 2.19. The average Bonchev–Trinajstić information content (AvgIpc) is 3.13. The summed E-state index contributed by atoms with van der Waals surface area (Å²) in [7, 11) is 0. The molecule has 0 saturated heterocycles. The molecule has 0 fully saturated rings. The molecule has 2 N–H and O–H groups in total. The molecule has 0 spiro atoms. The van der Waals surface area contributed by atoms with Crippen LogP contribution < -0.4 is 5.73 Å². The number of nitrogens with two attached hydrogens (primary N) is 1. The Morgan fingerprint density at radius 1 is 0.952 bits per heavy atom. The van der Waals surface area contributed by atoms with E-state index in [0.717, 1.165) is 16.7 Å². The Balaban J connectivity index is 1.87. The van der Waals surface area contributed by atoms with Crippen molar-refractivity contribution in [1.82, 2.24) is 10.1 Å². The summed E-state index contributed by atoms with van der Waals surface area (Å²) < 4.78 is 10.9. The molecule has 2 aromatic heterocycles. The van der Waals surface area contributed by atoms with Gasteiger partial charge in [0.1, 0.15) is 0 Å². The van der Waals surface area contributed by atoms with E-state index in [1.165, 1.54) is 11.1 Å². The Labute approximate surface area is 121 Å². The molecule has 21 heavy (non-hydrogen) atoms. The predicted octanol–water partition coefficient (Wildman–Crippen LogP) is 3.02. The summed E-state index contributed by atoms with van der Waals surface area (Å²) in [5.41, 5.74) is 11.1. The van der Waals surface area contributed by atoms with Crippen LogP contribution in [0.15, 0.2) is 47.2 Å². The van der Waals surface area contributed by atoms with Gasteiger partial charge in [-0.1, -0.05) is 17.3 Å². The SMILES string of the molecule is Nc1noc(-c2ccc3c(c2)COC3)c1-c1ccncc1. The Kier molecular flexibility index (Phi) is 2.72. The largest absolute Gasteiger partial charge is 0.380 e. The van der Waals surface area contributed by atoms with Crippen molar-refractivity contribution in [2.24, 2.45) is 0 Å². The molecule has 5 nitrogen and oxygen atoms in total. The predicted molar refractivity (Wildman–Crippen MR) is 78.1 cm³/mol. The molecule has 0 aliphatic carbocycles. The fourth-order valence-electron chi connectivity index (χ4n) is 2.61. The van der Waals surface area contributed by atoms with Crippen molar-refractivity contribution in [3.05, 3.63) is 53.9 Å². The van der Waals surface area contributed by atoms with Crippen LogP contribution in [-0.2, 0) is 18.0 Å². The molecule has 1 aliphatic rings. The summed E-state index contributed by atoms with van der Waals surface area (Å²) in [5.74, 6) is 1.06. The van der Waals surface area contributed by atoms with Crippen LogP contribution in [-0.4, -0.2) is 10.1 Å². The maximum atomic E-state index is 5.97. The molecule has 0 bridgehead atoms. The molecule has 0 saturated carbocycles. The summed E-state index contributed by atoms with van der Waals surface area (Å²) in [6.07, 6.45) is 3.45. The lowest BCUT2D eigenvalue weighted by atomic mass is 9.99. The Hall–Kier alpha value is -2.66. The maximum absolute atomic E-state index is 5.97. The number of pyridine rings is 1. The molecule has 3 heterocycles. The second kappa shape index (κ2) is 4.71. The van der Waals surface area contributed by atoms with Crippen LogP contribution in [0.3, 0.4) is 0 Å². The molecule has 0 atom stereocenters. The van der Waals surface area contributed by atoms with Crippen molar-refractivity contribution >= 4 is 5.82 Å². The van der Waals surface area contributed by atoms with Gasteiger partial charge in [0.15, 0.2) is 11.6 Å². The van der Waals surface area contributed by atoms with E-state index in [1.54, 1.807) is 12.4 Å². The van der Waals surface area contributed by atoms with Crippen LogP contribution in [0.4, 0.5) is 5.82 Å². The summed E-state index contributed by atoms with van der Waals surface area (Å²) in [4.78, 5) is 4.03. The first-order valence-corrected chi connectivity index (χ1v) is 6.68. The Morgan fingerprint density at radius 2 is 1.76 bits per heavy atom. The van der Waals surface area contributed by atoms with Crippen molar-refractivity contribution in [1.29, 1.82) is 0 Å². The molecular formula is C16H13N3O2. The van der Waals surface area contributed by atoms with Crippen LogP contribution in [0, 0.1) is 0 Å². The average molecular weight is 279 g/mol. The quantitative estimate of drug-likeness (QED) is 0.780. The number of rotatable bonds is 2. The fraction of sp³-hybridized carbons (Fsp3) is 0.125. The normalized spacial score (nSPS) is 13.3. The molecule has 5 heteroatoms. The summed E-state index contributed by atoms with van der Waals surface area (Å²) in [6.45, 7) is 1.31. The van der Waals surface area contributed by atoms with Gasteiger partial charge >= 0.3 is 0 Å². The third kappa shape index (κ3) is 1.98. The number of benzene rings is 1. The van der Waals surface area contributed by atoms with Gasteiger partial charge in [-0.2, -0.15) is 0 Å². The highest BCUT2D eigenvalue weighted by molar-refractivity contribution is 5.86. The van der Waals surface area contributed by atoms with Gasteiger partial charge in [-0.15, -0.1) is 0 Å². The number of nitrogens with zero attached hydrogens (tertiary/aromatic N) is 2. The Morgan fingerprint density at radius 3 is 2.62 bits per heavy atom. The lowest BCUT2D eigenvalue weighted by Crippen LogP contribution is -1.90. The molecule has 1 aromatic carbocycles. The fourth-order valence-corrected chi connectivity index (χ4v) is 2.61. The standard InChI is InChI=1S/C16H13N3O2/c17-16-14(10-3-5-18-6-4-10)15(21-19-16)11-1-2-12-8-20-9-13(12)7-11/h1-7H,8-9H2,(H2,17,19). The van der Waals surface area contributed by atoms with Gasteiger partial charge in [0.05, 0.1) is 18.8 Å². The smallest absolute Gasteiger partial charge is 0.176 e. The molecule has 0 radical (unpaired) electrons. The minimum absolute atomic E-state index is 0.382. The van der Waals surface area contributed by atoms with Crippen LogP contribution in [0.25, 0.3) is 22.5 Å². The number of hydrogen-bond donors (Lipinski definition) is 1. The molecule has 0 unspecified atom stereocenters. The second-order valence-electron chi connectivity index (χ2n) is 4.98. The van der Waals surface area contributed by atoms with E-state index in [1.807, 2.05) is 18.2 Å². The first-order chi connectivity index (χ1) is 10.3. The third-order valence-corrected chi connectivity index (χ3v) is 3.67. The topological polar surface area (TPSA) is 74.2 Å². The lowest BCUT2D eigenvalue weighted by Gasteiger charge is -2.04. The van der Waals surface area contributed by atoms with Crippen LogP contribution in [0.5, 0.6) is 0 Å². The molecule has 4 rings (SSSR count). The van der Waals surface area contributed by atoms with E-state index < -0.39 is 0 Å². The molecule has 3 aromatic rings. The number of hydrogen-bond acceptors (Lipinski definition) is 5. The van der Waals surface area contributed by atoms with E-state index in [2.05, 4.69) is 22.3 Å². The van der Waals surface area contributed by atoms with E-state index in [0.29, 0.717) is 24.8 Å². The highest BCUT2D eigenvalue weighted by atomic mass is 16.5. The number of aromatic nitrogens is 2.